The molecule has 0 heterocycles. The van der Waals surface area contributed by atoms with Crippen molar-refractivity contribution in [2.75, 3.05) is 0 Å². The zero-order valence-corrected chi connectivity index (χ0v) is 9.47. The summed E-state index contributed by atoms with van der Waals surface area (Å²) in [5.74, 6) is 1.07. The van der Waals surface area contributed by atoms with Crippen LogP contribution in [0.4, 0.5) is 0 Å². The molecule has 0 spiro atoms. The molecule has 84 valence electrons. The largest absolute Gasteiger partial charge is 0.298 e. The van der Waals surface area contributed by atoms with E-state index in [1.165, 1.54) is 0 Å². The van der Waals surface area contributed by atoms with Crippen LogP contribution in [-0.2, 0) is 9.59 Å². The van der Waals surface area contributed by atoms with Gasteiger partial charge in [-0.2, -0.15) is 0 Å². The van der Waals surface area contributed by atoms with Crippen LogP contribution < -0.4 is 0 Å². The minimum Gasteiger partial charge on any atom is -0.298 e. The molecule has 0 aromatic carbocycles. The molecule has 5 aliphatic rings. The number of carbonyl (C=O) groups excluding carboxylic acids is 2. The maximum absolute atomic E-state index is 12.8. The zero-order chi connectivity index (χ0) is 10.8. The Balaban J connectivity index is 1.78. The van der Waals surface area contributed by atoms with Gasteiger partial charge in [-0.15, -0.1) is 0 Å². The first kappa shape index (κ1) is 8.43. The van der Waals surface area contributed by atoms with E-state index in [9.17, 15) is 9.59 Å². The Labute approximate surface area is 94.8 Å². The van der Waals surface area contributed by atoms with E-state index < -0.39 is 0 Å². The molecule has 0 radical (unpaired) electrons. The average molecular weight is 216 g/mol. The summed E-state index contributed by atoms with van der Waals surface area (Å²) >= 11 is 0. The van der Waals surface area contributed by atoms with E-state index in [0.29, 0.717) is 11.6 Å². The predicted molar refractivity (Wildman–Crippen MR) is 56.7 cm³/mol. The van der Waals surface area contributed by atoms with Gasteiger partial charge in [-0.25, -0.2) is 0 Å². The molecule has 5 saturated carbocycles. The third-order valence-electron chi connectivity index (χ3n) is 6.94. The van der Waals surface area contributed by atoms with Gasteiger partial charge in [0.15, 0.2) is 0 Å². The quantitative estimate of drug-likeness (QED) is 0.622. The van der Waals surface area contributed by atoms with Crippen LogP contribution >= 0.6 is 0 Å². The Bertz CT molecular complexity index is 401. The Kier molecular flexibility index (Phi) is 0.965. The van der Waals surface area contributed by atoms with Gasteiger partial charge in [0, 0.05) is 21.7 Å². The van der Waals surface area contributed by atoms with Crippen molar-refractivity contribution in [2.24, 2.45) is 21.7 Å². The lowest BCUT2D eigenvalue weighted by Crippen LogP contribution is -2.42. The summed E-state index contributed by atoms with van der Waals surface area (Å²) in [6.45, 7) is 0. The van der Waals surface area contributed by atoms with Crippen molar-refractivity contribution < 1.29 is 9.59 Å². The minimum atomic E-state index is -0.131. The zero-order valence-electron chi connectivity index (χ0n) is 9.47. The fraction of sp³-hybridized carbons (Fsp3) is 0.857. The van der Waals surface area contributed by atoms with Crippen LogP contribution in [0.2, 0.25) is 0 Å². The van der Waals surface area contributed by atoms with E-state index in [1.807, 2.05) is 0 Å². The maximum atomic E-state index is 12.8. The second-order valence-corrected chi connectivity index (χ2v) is 7.05. The summed E-state index contributed by atoms with van der Waals surface area (Å²) in [5.41, 5.74) is -0.522. The number of ketones is 2. The standard InChI is InChI=1S/C14H16O2/c15-9-11-3-1-4-12(11,7-11)10(16)14-6-2-5-13(9,14)8-14/h1-8H2/t11-,12+,13-,14+. The van der Waals surface area contributed by atoms with Crippen LogP contribution in [0.3, 0.4) is 0 Å². The van der Waals surface area contributed by atoms with Gasteiger partial charge in [-0.1, -0.05) is 12.8 Å². The maximum Gasteiger partial charge on any atom is 0.147 e. The molecule has 16 heavy (non-hydrogen) atoms. The first-order valence-corrected chi connectivity index (χ1v) is 6.74. The monoisotopic (exact) mass is 216 g/mol. The average Bonchev–Trinajstić information content (AvgIpc) is 3.05. The molecular weight excluding hydrogens is 200 g/mol. The molecule has 5 fully saturated rings. The summed E-state index contributed by atoms with van der Waals surface area (Å²) in [7, 11) is 0. The second kappa shape index (κ2) is 1.83. The summed E-state index contributed by atoms with van der Waals surface area (Å²) in [4.78, 5) is 25.6. The number of rotatable bonds is 0. The molecule has 0 aromatic rings. The van der Waals surface area contributed by atoms with Crippen LogP contribution in [0, 0.1) is 21.7 Å². The summed E-state index contributed by atoms with van der Waals surface area (Å²) < 4.78 is 0. The lowest BCUT2D eigenvalue weighted by molar-refractivity contribution is -0.144. The number of Topliss-reactive ketones (excluding diaryl/α,β-unsaturated/α-hetero) is 2. The van der Waals surface area contributed by atoms with Crippen LogP contribution in [0.1, 0.15) is 51.4 Å². The Morgan fingerprint density at radius 2 is 0.938 bits per heavy atom. The highest BCUT2D eigenvalue weighted by Gasteiger charge is 2.93. The molecule has 2 nitrogen and oxygen atoms in total. The molecule has 0 N–H and O–H groups in total. The van der Waals surface area contributed by atoms with E-state index >= 15 is 0 Å². The van der Waals surface area contributed by atoms with E-state index in [2.05, 4.69) is 0 Å². The van der Waals surface area contributed by atoms with Gasteiger partial charge >= 0.3 is 0 Å². The molecule has 0 unspecified atom stereocenters. The van der Waals surface area contributed by atoms with Gasteiger partial charge in [0.25, 0.3) is 0 Å². The molecule has 5 rings (SSSR count). The van der Waals surface area contributed by atoms with Gasteiger partial charge in [-0.05, 0) is 38.5 Å². The number of hydrogen-bond donors (Lipinski definition) is 0. The molecule has 0 amide bonds. The normalized spacial score (nSPS) is 64.8. The first-order chi connectivity index (χ1) is 7.64. The van der Waals surface area contributed by atoms with Crippen molar-refractivity contribution >= 4 is 11.6 Å². The van der Waals surface area contributed by atoms with E-state index in [4.69, 9.17) is 0 Å². The highest BCUT2D eigenvalue weighted by molar-refractivity contribution is 6.17. The highest BCUT2D eigenvalue weighted by Crippen LogP contribution is 2.90. The van der Waals surface area contributed by atoms with Crippen molar-refractivity contribution in [2.45, 2.75) is 51.4 Å². The van der Waals surface area contributed by atoms with Crippen LogP contribution in [0.25, 0.3) is 0 Å². The third-order valence-corrected chi connectivity index (χ3v) is 6.94. The molecule has 4 atom stereocenters. The summed E-state index contributed by atoms with van der Waals surface area (Å²) in [6.07, 6.45) is 8.19. The topological polar surface area (TPSA) is 34.1 Å². The van der Waals surface area contributed by atoms with E-state index in [1.54, 1.807) is 0 Å². The minimum absolute atomic E-state index is 0.131. The van der Waals surface area contributed by atoms with Gasteiger partial charge in [-0.3, -0.25) is 9.59 Å². The molecule has 2 heteroatoms. The second-order valence-electron chi connectivity index (χ2n) is 7.05. The van der Waals surface area contributed by atoms with Gasteiger partial charge in [0.2, 0.25) is 0 Å². The van der Waals surface area contributed by atoms with E-state index in [-0.39, 0.29) is 21.7 Å². The van der Waals surface area contributed by atoms with Gasteiger partial charge in [0.1, 0.15) is 11.6 Å². The predicted octanol–water partition coefficient (Wildman–Crippen LogP) is 2.26. The molecule has 0 saturated heterocycles. The molecule has 0 aromatic heterocycles. The summed E-state index contributed by atoms with van der Waals surface area (Å²) in [6, 6.07) is 0. The Morgan fingerprint density at radius 3 is 1.25 bits per heavy atom. The van der Waals surface area contributed by atoms with Crippen LogP contribution in [-0.4, -0.2) is 11.6 Å². The van der Waals surface area contributed by atoms with Crippen molar-refractivity contribution in [3.05, 3.63) is 0 Å². The lowest BCUT2D eigenvalue weighted by atomic mass is 9.69. The van der Waals surface area contributed by atoms with Crippen LogP contribution in [0.5, 0.6) is 0 Å². The first-order valence-electron chi connectivity index (χ1n) is 6.74. The summed E-state index contributed by atoms with van der Waals surface area (Å²) in [5, 5.41) is 0. The highest BCUT2D eigenvalue weighted by atomic mass is 16.2. The fourth-order valence-electron chi connectivity index (χ4n) is 6.20. The number of hydrogen-bond acceptors (Lipinski definition) is 2. The van der Waals surface area contributed by atoms with Crippen molar-refractivity contribution in [3.63, 3.8) is 0 Å². The Morgan fingerprint density at radius 1 is 0.625 bits per heavy atom. The molecular formula is C14H16O2. The van der Waals surface area contributed by atoms with Gasteiger partial charge in [0.05, 0.1) is 0 Å². The van der Waals surface area contributed by atoms with Crippen molar-refractivity contribution in [1.29, 1.82) is 0 Å². The van der Waals surface area contributed by atoms with Crippen LogP contribution in [0.15, 0.2) is 0 Å². The third kappa shape index (κ3) is 0.476. The van der Waals surface area contributed by atoms with E-state index in [0.717, 1.165) is 51.4 Å². The van der Waals surface area contributed by atoms with Gasteiger partial charge < -0.3 is 0 Å². The smallest absolute Gasteiger partial charge is 0.147 e. The molecule has 0 bridgehead atoms. The Hall–Kier alpha value is -0.660. The van der Waals surface area contributed by atoms with Crippen molar-refractivity contribution in [3.8, 4) is 0 Å². The SMILES string of the molecule is O=C1[C@@]23CCC[C@@]2(C3)C(=O)[C@]23CCC[C@]12C3. The van der Waals surface area contributed by atoms with Crippen molar-refractivity contribution in [1.82, 2.24) is 0 Å². The lowest BCUT2D eigenvalue weighted by Gasteiger charge is -2.30. The number of carbonyl (C=O) groups is 2. The molecule has 0 aliphatic heterocycles. The molecule has 5 aliphatic carbocycles. The fourth-order valence-corrected chi connectivity index (χ4v) is 6.20.